The van der Waals surface area contributed by atoms with Crippen LogP contribution in [0.25, 0.3) is 0 Å². The summed E-state index contributed by atoms with van der Waals surface area (Å²) in [5, 5.41) is 6.30. The van der Waals surface area contributed by atoms with Crippen molar-refractivity contribution >= 4 is 5.91 Å². The molecule has 110 valence electrons. The minimum Gasteiger partial charge on any atom is -0.494 e. The second-order valence-electron chi connectivity index (χ2n) is 5.23. The van der Waals surface area contributed by atoms with Crippen LogP contribution in [0.5, 0.6) is 5.75 Å². The number of hydrogen-bond donors (Lipinski definition) is 2. The molecule has 1 aromatic rings. The van der Waals surface area contributed by atoms with Gasteiger partial charge in [-0.05, 0) is 50.0 Å². The van der Waals surface area contributed by atoms with Gasteiger partial charge >= 0.3 is 0 Å². The van der Waals surface area contributed by atoms with E-state index in [9.17, 15) is 4.79 Å². The number of piperidine rings is 1. The predicted octanol–water partition coefficient (Wildman–Crippen LogP) is 2.09. The summed E-state index contributed by atoms with van der Waals surface area (Å²) < 4.78 is 5.54. The molecule has 1 aromatic carbocycles. The van der Waals surface area contributed by atoms with Gasteiger partial charge in [-0.2, -0.15) is 0 Å². The molecule has 0 aliphatic carbocycles. The van der Waals surface area contributed by atoms with E-state index in [0.29, 0.717) is 6.54 Å². The zero-order valence-corrected chi connectivity index (χ0v) is 12.2. The lowest BCUT2D eigenvalue weighted by atomic mass is 9.97. The Morgan fingerprint density at radius 2 is 2.00 bits per heavy atom. The van der Waals surface area contributed by atoms with Gasteiger partial charge in [0.15, 0.2) is 0 Å². The largest absolute Gasteiger partial charge is 0.494 e. The van der Waals surface area contributed by atoms with Gasteiger partial charge in [0.2, 0.25) is 5.91 Å². The third-order valence-corrected chi connectivity index (χ3v) is 3.57. The summed E-state index contributed by atoms with van der Waals surface area (Å²) in [5.74, 6) is 1.24. The number of hydrogen-bond acceptors (Lipinski definition) is 3. The Kier molecular flexibility index (Phi) is 5.87. The van der Waals surface area contributed by atoms with Crippen molar-refractivity contribution in [3.63, 3.8) is 0 Å². The van der Waals surface area contributed by atoms with Crippen LogP contribution in [-0.2, 0) is 11.3 Å². The van der Waals surface area contributed by atoms with Gasteiger partial charge in [0.1, 0.15) is 5.75 Å². The maximum absolute atomic E-state index is 12.0. The van der Waals surface area contributed by atoms with Crippen LogP contribution in [0, 0.1) is 5.92 Å². The van der Waals surface area contributed by atoms with Crippen molar-refractivity contribution in [2.75, 3.05) is 19.7 Å². The van der Waals surface area contributed by atoms with Gasteiger partial charge in [-0.15, -0.1) is 0 Å². The maximum Gasteiger partial charge on any atom is 0.223 e. The average molecular weight is 276 g/mol. The van der Waals surface area contributed by atoms with Crippen molar-refractivity contribution < 1.29 is 9.53 Å². The lowest BCUT2D eigenvalue weighted by Crippen LogP contribution is -2.37. The number of benzene rings is 1. The Bertz CT molecular complexity index is 411. The van der Waals surface area contributed by atoms with Crippen molar-refractivity contribution in [1.82, 2.24) is 10.6 Å². The van der Waals surface area contributed by atoms with Crippen LogP contribution in [0.15, 0.2) is 24.3 Å². The Hall–Kier alpha value is -1.55. The van der Waals surface area contributed by atoms with Gasteiger partial charge in [0.05, 0.1) is 6.61 Å². The molecule has 2 N–H and O–H groups in total. The van der Waals surface area contributed by atoms with Crippen LogP contribution in [0.1, 0.15) is 31.7 Å². The summed E-state index contributed by atoms with van der Waals surface area (Å²) >= 11 is 0. The number of carbonyl (C=O) groups excluding carboxylic acids is 1. The standard InChI is InChI=1S/C16H24N2O2/c1-2-11-20-15-5-3-13(4-6-15)12-18-16(19)14-7-9-17-10-8-14/h3-6,14,17H,2,7-12H2,1H3,(H,18,19). The van der Waals surface area contributed by atoms with Crippen LogP contribution in [0.2, 0.25) is 0 Å². The van der Waals surface area contributed by atoms with Crippen molar-refractivity contribution in [1.29, 1.82) is 0 Å². The first kappa shape index (κ1) is 14.9. The minimum atomic E-state index is 0.170. The van der Waals surface area contributed by atoms with Crippen molar-refractivity contribution in [2.24, 2.45) is 5.92 Å². The van der Waals surface area contributed by atoms with Crippen molar-refractivity contribution in [3.8, 4) is 5.75 Å². The molecular weight excluding hydrogens is 252 g/mol. The van der Waals surface area contributed by atoms with Crippen LogP contribution < -0.4 is 15.4 Å². The second-order valence-corrected chi connectivity index (χ2v) is 5.23. The Balaban J connectivity index is 1.76. The summed E-state index contributed by atoms with van der Waals surface area (Å²) in [6.45, 7) is 5.32. The molecule has 1 aliphatic heterocycles. The summed E-state index contributed by atoms with van der Waals surface area (Å²) in [4.78, 5) is 12.0. The van der Waals surface area contributed by atoms with Gasteiger partial charge in [0, 0.05) is 12.5 Å². The number of nitrogens with one attached hydrogen (secondary N) is 2. The van der Waals surface area contributed by atoms with E-state index in [1.807, 2.05) is 24.3 Å². The minimum absolute atomic E-state index is 0.170. The predicted molar refractivity (Wildman–Crippen MR) is 79.7 cm³/mol. The van der Waals surface area contributed by atoms with Crippen LogP contribution in [0.3, 0.4) is 0 Å². The SMILES string of the molecule is CCCOc1ccc(CNC(=O)C2CCNCC2)cc1. The molecule has 2 rings (SSSR count). The van der Waals surface area contributed by atoms with Gasteiger partial charge < -0.3 is 15.4 Å². The molecule has 1 heterocycles. The van der Waals surface area contributed by atoms with Crippen LogP contribution >= 0.6 is 0 Å². The lowest BCUT2D eigenvalue weighted by Gasteiger charge is -2.21. The number of ether oxygens (including phenoxy) is 1. The summed E-state index contributed by atoms with van der Waals surface area (Å²) in [6.07, 6.45) is 2.89. The van der Waals surface area contributed by atoms with E-state index in [4.69, 9.17) is 4.74 Å². The average Bonchev–Trinajstić information content (AvgIpc) is 2.52. The highest BCUT2D eigenvalue weighted by Crippen LogP contribution is 2.14. The molecule has 1 aliphatic rings. The molecular formula is C16H24N2O2. The number of carbonyl (C=O) groups is 1. The number of amides is 1. The molecule has 0 spiro atoms. The van der Waals surface area contributed by atoms with Crippen molar-refractivity contribution in [2.45, 2.75) is 32.7 Å². The highest BCUT2D eigenvalue weighted by Gasteiger charge is 2.20. The van der Waals surface area contributed by atoms with E-state index in [0.717, 1.165) is 50.3 Å². The fourth-order valence-electron chi connectivity index (χ4n) is 2.34. The molecule has 4 heteroatoms. The van der Waals surface area contributed by atoms with Crippen LogP contribution in [-0.4, -0.2) is 25.6 Å². The van der Waals surface area contributed by atoms with E-state index < -0.39 is 0 Å². The zero-order chi connectivity index (χ0) is 14.2. The van der Waals surface area contributed by atoms with Gasteiger partial charge in [-0.3, -0.25) is 4.79 Å². The van der Waals surface area contributed by atoms with Crippen molar-refractivity contribution in [3.05, 3.63) is 29.8 Å². The molecule has 0 atom stereocenters. The molecule has 4 nitrogen and oxygen atoms in total. The second kappa shape index (κ2) is 7.90. The van der Waals surface area contributed by atoms with Crippen LogP contribution in [0.4, 0.5) is 0 Å². The first-order valence-corrected chi connectivity index (χ1v) is 7.49. The van der Waals surface area contributed by atoms with E-state index in [-0.39, 0.29) is 11.8 Å². The topological polar surface area (TPSA) is 50.4 Å². The maximum atomic E-state index is 12.0. The van der Waals surface area contributed by atoms with Gasteiger partial charge in [0.25, 0.3) is 0 Å². The van der Waals surface area contributed by atoms with E-state index >= 15 is 0 Å². The molecule has 1 amide bonds. The first-order chi connectivity index (χ1) is 9.79. The molecule has 0 radical (unpaired) electrons. The molecule has 0 saturated carbocycles. The fraction of sp³-hybridized carbons (Fsp3) is 0.562. The summed E-state index contributed by atoms with van der Waals surface area (Å²) in [6, 6.07) is 7.94. The molecule has 1 fully saturated rings. The zero-order valence-electron chi connectivity index (χ0n) is 12.2. The molecule has 0 unspecified atom stereocenters. The smallest absolute Gasteiger partial charge is 0.223 e. The summed E-state index contributed by atoms with van der Waals surface area (Å²) in [7, 11) is 0. The normalized spacial score (nSPS) is 15.8. The first-order valence-electron chi connectivity index (χ1n) is 7.49. The monoisotopic (exact) mass is 276 g/mol. The van der Waals surface area contributed by atoms with Gasteiger partial charge in [-0.1, -0.05) is 19.1 Å². The molecule has 1 saturated heterocycles. The van der Waals surface area contributed by atoms with E-state index in [1.165, 1.54) is 0 Å². The highest BCUT2D eigenvalue weighted by atomic mass is 16.5. The Morgan fingerprint density at radius 3 is 2.65 bits per heavy atom. The number of rotatable bonds is 6. The quantitative estimate of drug-likeness (QED) is 0.836. The van der Waals surface area contributed by atoms with Gasteiger partial charge in [-0.25, -0.2) is 0 Å². The third kappa shape index (κ3) is 4.53. The fourth-order valence-corrected chi connectivity index (χ4v) is 2.34. The Morgan fingerprint density at radius 1 is 1.30 bits per heavy atom. The molecule has 20 heavy (non-hydrogen) atoms. The molecule has 0 aromatic heterocycles. The van der Waals surface area contributed by atoms with E-state index in [2.05, 4.69) is 17.6 Å². The van der Waals surface area contributed by atoms with E-state index in [1.54, 1.807) is 0 Å². The summed E-state index contributed by atoms with van der Waals surface area (Å²) in [5.41, 5.74) is 1.11. The highest BCUT2D eigenvalue weighted by molar-refractivity contribution is 5.78. The lowest BCUT2D eigenvalue weighted by molar-refractivity contribution is -0.125. The Labute approximate surface area is 120 Å². The third-order valence-electron chi connectivity index (χ3n) is 3.57. The molecule has 0 bridgehead atoms.